The molecule has 0 aromatic carbocycles. The molecule has 1 aliphatic carbocycles. The first-order valence-electron chi connectivity index (χ1n) is 7.22. The minimum atomic E-state index is 0. The van der Waals surface area contributed by atoms with Crippen molar-refractivity contribution in [1.82, 2.24) is 15.6 Å². The molecule has 0 spiro atoms. The number of hydrogen-bond donors (Lipinski definition) is 2. The number of rotatable bonds is 6. The van der Waals surface area contributed by atoms with Gasteiger partial charge in [-0.3, -0.25) is 4.99 Å². The number of aromatic nitrogens is 1. The zero-order valence-corrected chi connectivity index (χ0v) is 15.3. The molecule has 118 valence electrons. The van der Waals surface area contributed by atoms with Crippen LogP contribution < -0.4 is 15.4 Å². The fourth-order valence-electron chi connectivity index (χ4n) is 1.78. The van der Waals surface area contributed by atoms with Gasteiger partial charge in [-0.1, -0.05) is 0 Å². The molecule has 0 saturated heterocycles. The maximum absolute atomic E-state index is 5.68. The molecule has 1 heterocycles. The van der Waals surface area contributed by atoms with Gasteiger partial charge in [-0.25, -0.2) is 4.98 Å². The Hall–Kier alpha value is -1.05. The molecule has 1 aromatic heterocycles. The Morgan fingerprint density at radius 1 is 1.48 bits per heavy atom. The van der Waals surface area contributed by atoms with Crippen molar-refractivity contribution in [2.45, 2.75) is 39.3 Å². The van der Waals surface area contributed by atoms with E-state index in [0.29, 0.717) is 18.5 Å². The van der Waals surface area contributed by atoms with Crippen LogP contribution in [-0.2, 0) is 6.54 Å². The highest BCUT2D eigenvalue weighted by Gasteiger charge is 2.22. The van der Waals surface area contributed by atoms with Crippen molar-refractivity contribution in [3.05, 3.63) is 23.9 Å². The standard InChI is InChI=1S/C15H24N4O.HI/c1-11(2)19-15(16-3)18-9-13-6-7-17-14(8-13)20-10-12-4-5-12;/h6-8,11-12H,4-5,9-10H2,1-3H3,(H2,16,18,19);1H. The Balaban J connectivity index is 0.00000220. The van der Waals surface area contributed by atoms with E-state index in [2.05, 4.69) is 34.5 Å². The lowest BCUT2D eigenvalue weighted by molar-refractivity contribution is 0.288. The Bertz CT molecular complexity index is 461. The third kappa shape index (κ3) is 6.97. The lowest BCUT2D eigenvalue weighted by Gasteiger charge is -2.14. The molecule has 1 saturated carbocycles. The Labute approximate surface area is 144 Å². The lowest BCUT2D eigenvalue weighted by Crippen LogP contribution is -2.40. The van der Waals surface area contributed by atoms with Crippen LogP contribution in [0.2, 0.25) is 0 Å². The van der Waals surface area contributed by atoms with Crippen LogP contribution in [0.3, 0.4) is 0 Å². The van der Waals surface area contributed by atoms with Crippen molar-refractivity contribution in [3.63, 3.8) is 0 Å². The number of ether oxygens (including phenoxy) is 1. The summed E-state index contributed by atoms with van der Waals surface area (Å²) >= 11 is 0. The second kappa shape index (κ2) is 9.07. The largest absolute Gasteiger partial charge is 0.477 e. The van der Waals surface area contributed by atoms with E-state index in [4.69, 9.17) is 4.74 Å². The van der Waals surface area contributed by atoms with Crippen molar-refractivity contribution >= 4 is 29.9 Å². The van der Waals surface area contributed by atoms with Crippen molar-refractivity contribution < 1.29 is 4.74 Å². The number of pyridine rings is 1. The molecular formula is C15H25IN4O. The molecule has 1 fully saturated rings. The molecule has 0 radical (unpaired) electrons. The first-order chi connectivity index (χ1) is 9.67. The van der Waals surface area contributed by atoms with Gasteiger partial charge in [0.1, 0.15) is 0 Å². The summed E-state index contributed by atoms with van der Waals surface area (Å²) in [5, 5.41) is 6.53. The van der Waals surface area contributed by atoms with Crippen molar-refractivity contribution in [2.24, 2.45) is 10.9 Å². The summed E-state index contributed by atoms with van der Waals surface area (Å²) in [5.74, 6) is 2.26. The maximum atomic E-state index is 5.68. The van der Waals surface area contributed by atoms with E-state index in [1.54, 1.807) is 13.2 Å². The van der Waals surface area contributed by atoms with Crippen molar-refractivity contribution in [1.29, 1.82) is 0 Å². The molecule has 2 rings (SSSR count). The number of nitrogens with one attached hydrogen (secondary N) is 2. The van der Waals surface area contributed by atoms with Crippen LogP contribution in [0.25, 0.3) is 0 Å². The first-order valence-corrected chi connectivity index (χ1v) is 7.22. The van der Waals surface area contributed by atoms with Gasteiger partial charge in [-0.15, -0.1) is 24.0 Å². The summed E-state index contributed by atoms with van der Waals surface area (Å²) in [5.41, 5.74) is 1.14. The van der Waals surface area contributed by atoms with E-state index >= 15 is 0 Å². The third-order valence-corrected chi connectivity index (χ3v) is 3.07. The van der Waals surface area contributed by atoms with Crippen LogP contribution in [0.1, 0.15) is 32.3 Å². The van der Waals surface area contributed by atoms with Gasteiger partial charge < -0.3 is 15.4 Å². The topological polar surface area (TPSA) is 58.5 Å². The molecule has 0 bridgehead atoms. The molecule has 0 aliphatic heterocycles. The zero-order valence-electron chi connectivity index (χ0n) is 12.9. The van der Waals surface area contributed by atoms with Gasteiger partial charge in [0.2, 0.25) is 5.88 Å². The van der Waals surface area contributed by atoms with Gasteiger partial charge in [0.15, 0.2) is 5.96 Å². The summed E-state index contributed by atoms with van der Waals surface area (Å²) < 4.78 is 5.68. The minimum absolute atomic E-state index is 0. The van der Waals surface area contributed by atoms with Crippen LogP contribution in [0.4, 0.5) is 0 Å². The lowest BCUT2D eigenvalue weighted by atomic mass is 10.2. The monoisotopic (exact) mass is 404 g/mol. The maximum Gasteiger partial charge on any atom is 0.213 e. The second-order valence-corrected chi connectivity index (χ2v) is 5.48. The Kier molecular flexibility index (Phi) is 7.77. The van der Waals surface area contributed by atoms with Gasteiger partial charge in [-0.05, 0) is 44.2 Å². The van der Waals surface area contributed by atoms with Crippen molar-refractivity contribution in [3.8, 4) is 5.88 Å². The van der Waals surface area contributed by atoms with Gasteiger partial charge in [0.05, 0.1) is 6.61 Å². The van der Waals surface area contributed by atoms with E-state index in [1.165, 1.54) is 12.8 Å². The highest BCUT2D eigenvalue weighted by atomic mass is 127. The molecule has 6 heteroatoms. The molecular weight excluding hydrogens is 379 g/mol. The Morgan fingerprint density at radius 2 is 2.24 bits per heavy atom. The number of aliphatic imine (C=N–C) groups is 1. The third-order valence-electron chi connectivity index (χ3n) is 3.07. The van der Waals surface area contributed by atoms with Gasteiger partial charge >= 0.3 is 0 Å². The SMILES string of the molecule is CN=C(NCc1ccnc(OCC2CC2)c1)NC(C)C.I. The van der Waals surface area contributed by atoms with Gasteiger partial charge in [0.25, 0.3) is 0 Å². The van der Waals surface area contributed by atoms with Crippen LogP contribution in [0.5, 0.6) is 5.88 Å². The summed E-state index contributed by atoms with van der Waals surface area (Å²) in [7, 11) is 1.77. The first kappa shape index (κ1) is 18.0. The highest BCUT2D eigenvalue weighted by molar-refractivity contribution is 14.0. The molecule has 0 atom stereocenters. The summed E-state index contributed by atoms with van der Waals surface area (Å²) in [4.78, 5) is 8.42. The summed E-state index contributed by atoms with van der Waals surface area (Å²) in [6.07, 6.45) is 4.37. The highest BCUT2D eigenvalue weighted by Crippen LogP contribution is 2.29. The normalized spacial score (nSPS) is 14.6. The van der Waals surface area contributed by atoms with E-state index in [9.17, 15) is 0 Å². The van der Waals surface area contributed by atoms with E-state index in [-0.39, 0.29) is 24.0 Å². The fraction of sp³-hybridized carbons (Fsp3) is 0.600. The average Bonchev–Trinajstić information content (AvgIpc) is 3.25. The quantitative estimate of drug-likeness (QED) is 0.435. The number of nitrogens with zero attached hydrogens (tertiary/aromatic N) is 2. The zero-order chi connectivity index (χ0) is 14.4. The van der Waals surface area contributed by atoms with Crippen molar-refractivity contribution in [2.75, 3.05) is 13.7 Å². The molecule has 2 N–H and O–H groups in total. The summed E-state index contributed by atoms with van der Waals surface area (Å²) in [6, 6.07) is 4.33. The molecule has 1 aromatic rings. The van der Waals surface area contributed by atoms with Crippen LogP contribution in [0.15, 0.2) is 23.3 Å². The minimum Gasteiger partial charge on any atom is -0.477 e. The predicted octanol–water partition coefficient (Wildman–Crippen LogP) is 2.56. The van der Waals surface area contributed by atoms with Gasteiger partial charge in [0, 0.05) is 31.9 Å². The molecule has 21 heavy (non-hydrogen) atoms. The molecule has 1 aliphatic rings. The second-order valence-electron chi connectivity index (χ2n) is 5.48. The van der Waals surface area contributed by atoms with Crippen LogP contribution >= 0.6 is 24.0 Å². The predicted molar refractivity (Wildman–Crippen MR) is 96.3 cm³/mol. The van der Waals surface area contributed by atoms with Gasteiger partial charge in [-0.2, -0.15) is 0 Å². The van der Waals surface area contributed by atoms with E-state index < -0.39 is 0 Å². The smallest absolute Gasteiger partial charge is 0.213 e. The summed E-state index contributed by atoms with van der Waals surface area (Å²) in [6.45, 7) is 5.67. The molecule has 0 unspecified atom stereocenters. The fourth-order valence-corrected chi connectivity index (χ4v) is 1.78. The van der Waals surface area contributed by atoms with E-state index in [0.717, 1.165) is 24.0 Å². The molecule has 5 nitrogen and oxygen atoms in total. The van der Waals surface area contributed by atoms with Crippen LogP contribution in [0, 0.1) is 5.92 Å². The molecule has 0 amide bonds. The number of guanidine groups is 1. The van der Waals surface area contributed by atoms with Crippen LogP contribution in [-0.4, -0.2) is 30.6 Å². The Morgan fingerprint density at radius 3 is 2.86 bits per heavy atom. The number of halogens is 1. The van der Waals surface area contributed by atoms with E-state index in [1.807, 2.05) is 12.1 Å². The number of hydrogen-bond acceptors (Lipinski definition) is 3. The average molecular weight is 404 g/mol.